The van der Waals surface area contributed by atoms with Crippen molar-refractivity contribution in [1.29, 1.82) is 0 Å². The maximum absolute atomic E-state index is 12.8. The predicted octanol–water partition coefficient (Wildman–Crippen LogP) is 3.03. The van der Waals surface area contributed by atoms with Gasteiger partial charge in [0.1, 0.15) is 6.10 Å². The molecule has 1 aromatic heterocycles. The van der Waals surface area contributed by atoms with Crippen molar-refractivity contribution in [1.82, 2.24) is 4.98 Å². The lowest BCUT2D eigenvalue weighted by Crippen LogP contribution is -2.06. The fraction of sp³-hybridized carbons (Fsp3) is 0.667. The molecule has 5 nitrogen and oxygen atoms in total. The topological polar surface area (TPSA) is 61.6 Å². The molecule has 2 unspecified atom stereocenters. The van der Waals surface area contributed by atoms with Gasteiger partial charge in [0.05, 0.1) is 12.7 Å². The van der Waals surface area contributed by atoms with Gasteiger partial charge >= 0.3 is 5.97 Å². The fourth-order valence-corrected chi connectivity index (χ4v) is 1.96. The maximum atomic E-state index is 12.8. The summed E-state index contributed by atoms with van der Waals surface area (Å²) in [6.07, 6.45) is -1.91. The SMILES string of the molecule is CCOC(=O)c1oc(C2CCC(C)O2)nc1C(F)F. The van der Waals surface area contributed by atoms with Crippen molar-refractivity contribution in [2.75, 3.05) is 6.61 Å². The molecule has 19 heavy (non-hydrogen) atoms. The Hall–Kier alpha value is -1.50. The molecule has 0 saturated carbocycles. The molecule has 1 aromatic rings. The molecular formula is C12H15F2NO4. The summed E-state index contributed by atoms with van der Waals surface area (Å²) in [5.41, 5.74) is -0.684. The minimum Gasteiger partial charge on any atom is -0.460 e. The second kappa shape index (κ2) is 5.64. The Bertz CT molecular complexity index is 461. The van der Waals surface area contributed by atoms with Gasteiger partial charge < -0.3 is 13.9 Å². The molecule has 1 fully saturated rings. The summed E-state index contributed by atoms with van der Waals surface area (Å²) in [5, 5.41) is 0. The zero-order valence-electron chi connectivity index (χ0n) is 10.7. The van der Waals surface area contributed by atoms with E-state index in [4.69, 9.17) is 9.15 Å². The number of esters is 1. The lowest BCUT2D eigenvalue weighted by Gasteiger charge is -2.05. The van der Waals surface area contributed by atoms with Crippen LogP contribution in [-0.2, 0) is 9.47 Å². The number of oxazole rings is 1. The Balaban J connectivity index is 2.27. The van der Waals surface area contributed by atoms with E-state index in [9.17, 15) is 13.6 Å². The van der Waals surface area contributed by atoms with Crippen molar-refractivity contribution in [2.24, 2.45) is 0 Å². The van der Waals surface area contributed by atoms with Crippen LogP contribution < -0.4 is 0 Å². The summed E-state index contributed by atoms with van der Waals surface area (Å²) >= 11 is 0. The molecule has 1 saturated heterocycles. The van der Waals surface area contributed by atoms with E-state index >= 15 is 0 Å². The quantitative estimate of drug-likeness (QED) is 0.790. The van der Waals surface area contributed by atoms with Crippen LogP contribution in [0, 0.1) is 0 Å². The van der Waals surface area contributed by atoms with Gasteiger partial charge in [-0.25, -0.2) is 18.6 Å². The van der Waals surface area contributed by atoms with Crippen molar-refractivity contribution < 1.29 is 27.5 Å². The van der Waals surface area contributed by atoms with E-state index in [1.807, 2.05) is 6.92 Å². The Morgan fingerprint density at radius 1 is 1.53 bits per heavy atom. The van der Waals surface area contributed by atoms with Crippen LogP contribution in [-0.4, -0.2) is 23.7 Å². The van der Waals surface area contributed by atoms with E-state index < -0.39 is 30.0 Å². The van der Waals surface area contributed by atoms with Gasteiger partial charge in [-0.2, -0.15) is 0 Å². The zero-order chi connectivity index (χ0) is 14.0. The van der Waals surface area contributed by atoms with Crippen molar-refractivity contribution in [3.63, 3.8) is 0 Å². The first-order valence-corrected chi connectivity index (χ1v) is 6.14. The first-order valence-electron chi connectivity index (χ1n) is 6.14. The van der Waals surface area contributed by atoms with E-state index in [0.717, 1.165) is 6.42 Å². The highest BCUT2D eigenvalue weighted by molar-refractivity contribution is 5.87. The van der Waals surface area contributed by atoms with Gasteiger partial charge in [0.25, 0.3) is 6.43 Å². The van der Waals surface area contributed by atoms with Crippen LogP contribution in [0.3, 0.4) is 0 Å². The fourth-order valence-electron chi connectivity index (χ4n) is 1.96. The Kier molecular flexibility index (Phi) is 4.14. The van der Waals surface area contributed by atoms with E-state index in [2.05, 4.69) is 9.72 Å². The molecule has 0 aliphatic carbocycles. The number of carbonyl (C=O) groups is 1. The Morgan fingerprint density at radius 3 is 2.79 bits per heavy atom. The van der Waals surface area contributed by atoms with Gasteiger partial charge in [-0.3, -0.25) is 0 Å². The molecule has 0 radical (unpaired) electrons. The van der Waals surface area contributed by atoms with Crippen LogP contribution in [0.1, 0.15) is 61.4 Å². The van der Waals surface area contributed by atoms with Gasteiger partial charge in [-0.1, -0.05) is 0 Å². The van der Waals surface area contributed by atoms with E-state index in [-0.39, 0.29) is 18.6 Å². The van der Waals surface area contributed by atoms with Crippen molar-refractivity contribution >= 4 is 5.97 Å². The largest absolute Gasteiger partial charge is 0.460 e. The lowest BCUT2D eigenvalue weighted by atomic mass is 10.2. The van der Waals surface area contributed by atoms with Gasteiger partial charge in [0.2, 0.25) is 11.7 Å². The van der Waals surface area contributed by atoms with Gasteiger partial charge in [0, 0.05) is 0 Å². The van der Waals surface area contributed by atoms with Crippen LogP contribution in [0.2, 0.25) is 0 Å². The van der Waals surface area contributed by atoms with Crippen LogP contribution >= 0.6 is 0 Å². The second-order valence-electron chi connectivity index (χ2n) is 4.30. The number of hydrogen-bond acceptors (Lipinski definition) is 5. The molecule has 2 rings (SSSR count). The first kappa shape index (κ1) is 13.9. The number of aromatic nitrogens is 1. The third-order valence-electron chi connectivity index (χ3n) is 2.84. The number of nitrogens with zero attached hydrogens (tertiary/aromatic N) is 1. The van der Waals surface area contributed by atoms with Crippen molar-refractivity contribution in [3.05, 3.63) is 17.3 Å². The minimum absolute atomic E-state index is 0.0164. The van der Waals surface area contributed by atoms with Gasteiger partial charge in [0.15, 0.2) is 5.69 Å². The normalized spacial score (nSPS) is 23.0. The monoisotopic (exact) mass is 275 g/mol. The van der Waals surface area contributed by atoms with E-state index in [1.165, 1.54) is 0 Å². The number of alkyl halides is 2. The number of hydrogen-bond donors (Lipinski definition) is 0. The van der Waals surface area contributed by atoms with Crippen LogP contribution in [0.15, 0.2) is 4.42 Å². The standard InChI is InChI=1S/C12H15F2NO4/c1-3-17-12(16)9-8(10(13)14)15-11(19-9)7-5-4-6(2)18-7/h6-7,10H,3-5H2,1-2H3. The highest BCUT2D eigenvalue weighted by Crippen LogP contribution is 2.34. The third kappa shape index (κ3) is 2.91. The van der Waals surface area contributed by atoms with E-state index in [0.29, 0.717) is 6.42 Å². The minimum atomic E-state index is -2.89. The van der Waals surface area contributed by atoms with E-state index in [1.54, 1.807) is 6.92 Å². The molecule has 0 spiro atoms. The number of rotatable bonds is 4. The Labute approximate surface area is 108 Å². The zero-order valence-corrected chi connectivity index (χ0v) is 10.7. The average molecular weight is 275 g/mol. The number of ether oxygens (including phenoxy) is 2. The smallest absolute Gasteiger partial charge is 0.376 e. The van der Waals surface area contributed by atoms with Crippen LogP contribution in [0.5, 0.6) is 0 Å². The summed E-state index contributed by atoms with van der Waals surface area (Å²) in [6.45, 7) is 3.54. The molecule has 7 heteroatoms. The summed E-state index contributed by atoms with van der Waals surface area (Å²) in [5.74, 6) is -1.44. The lowest BCUT2D eigenvalue weighted by molar-refractivity contribution is 0.0348. The summed E-state index contributed by atoms with van der Waals surface area (Å²) in [7, 11) is 0. The summed E-state index contributed by atoms with van der Waals surface area (Å²) in [4.78, 5) is 15.2. The summed E-state index contributed by atoms with van der Waals surface area (Å²) in [6, 6.07) is 0. The highest BCUT2D eigenvalue weighted by Gasteiger charge is 2.33. The average Bonchev–Trinajstić information content (AvgIpc) is 2.94. The first-order chi connectivity index (χ1) is 9.02. The predicted molar refractivity (Wildman–Crippen MR) is 59.9 cm³/mol. The molecule has 1 aliphatic rings. The number of halogens is 2. The molecular weight excluding hydrogens is 260 g/mol. The molecule has 106 valence electrons. The van der Waals surface area contributed by atoms with Crippen molar-refractivity contribution in [2.45, 2.75) is 45.3 Å². The molecule has 1 aliphatic heterocycles. The Morgan fingerprint density at radius 2 is 2.26 bits per heavy atom. The van der Waals surface area contributed by atoms with Gasteiger partial charge in [-0.15, -0.1) is 0 Å². The highest BCUT2D eigenvalue weighted by atomic mass is 19.3. The molecule has 0 amide bonds. The number of carbonyl (C=O) groups excluding carboxylic acids is 1. The molecule has 0 bridgehead atoms. The van der Waals surface area contributed by atoms with Crippen molar-refractivity contribution in [3.8, 4) is 0 Å². The summed E-state index contributed by atoms with van der Waals surface area (Å²) < 4.78 is 41.0. The van der Waals surface area contributed by atoms with Crippen LogP contribution in [0.25, 0.3) is 0 Å². The van der Waals surface area contributed by atoms with Crippen LogP contribution in [0.4, 0.5) is 8.78 Å². The third-order valence-corrected chi connectivity index (χ3v) is 2.84. The molecule has 0 N–H and O–H groups in total. The molecule has 0 aromatic carbocycles. The maximum Gasteiger partial charge on any atom is 0.376 e. The second-order valence-corrected chi connectivity index (χ2v) is 4.30. The molecule has 2 heterocycles. The molecule has 2 atom stereocenters. The van der Waals surface area contributed by atoms with Gasteiger partial charge in [-0.05, 0) is 26.7 Å².